The second kappa shape index (κ2) is 8.96. The molecule has 2 N–H and O–H groups in total. The van der Waals surface area contributed by atoms with Crippen molar-refractivity contribution in [2.24, 2.45) is 10.9 Å². The fourth-order valence-electron chi connectivity index (χ4n) is 2.27. The topological polar surface area (TPSA) is 60.2 Å². The van der Waals surface area contributed by atoms with E-state index in [1.165, 1.54) is 4.88 Å². The zero-order chi connectivity index (χ0) is 16.5. The van der Waals surface area contributed by atoms with Gasteiger partial charge in [0.1, 0.15) is 0 Å². The van der Waals surface area contributed by atoms with Crippen LogP contribution in [0.3, 0.4) is 0 Å². The highest BCUT2D eigenvalue weighted by Gasteiger charge is 2.06. The minimum absolute atomic E-state index is 0.536. The van der Waals surface area contributed by atoms with E-state index in [2.05, 4.69) is 46.1 Å². The first-order valence-corrected chi connectivity index (χ1v) is 8.55. The van der Waals surface area contributed by atoms with E-state index in [0.717, 1.165) is 24.5 Å². The summed E-state index contributed by atoms with van der Waals surface area (Å²) < 4.78 is 0. The van der Waals surface area contributed by atoms with Gasteiger partial charge in [0.05, 0.1) is 11.6 Å². The molecule has 0 fully saturated rings. The summed E-state index contributed by atoms with van der Waals surface area (Å²) in [7, 11) is 1.77. The van der Waals surface area contributed by atoms with Crippen LogP contribution in [0.25, 0.3) is 0 Å². The van der Waals surface area contributed by atoms with Crippen LogP contribution in [0.2, 0.25) is 0 Å². The molecule has 1 unspecified atom stereocenters. The monoisotopic (exact) mass is 326 g/mol. The summed E-state index contributed by atoms with van der Waals surface area (Å²) in [6.45, 7) is 3.75. The molecule has 1 atom stereocenters. The van der Waals surface area contributed by atoms with Gasteiger partial charge in [-0.15, -0.1) is 11.3 Å². The van der Waals surface area contributed by atoms with E-state index in [9.17, 15) is 0 Å². The molecule has 120 valence electrons. The van der Waals surface area contributed by atoms with Gasteiger partial charge in [-0.2, -0.15) is 5.26 Å². The summed E-state index contributed by atoms with van der Waals surface area (Å²) in [5.74, 6) is 1.32. The first-order chi connectivity index (χ1) is 11.2. The van der Waals surface area contributed by atoms with Crippen LogP contribution in [0.1, 0.15) is 22.9 Å². The van der Waals surface area contributed by atoms with E-state index in [1.807, 2.05) is 24.3 Å². The minimum atomic E-state index is 0.536. The second-order valence-electron chi connectivity index (χ2n) is 5.51. The lowest BCUT2D eigenvalue weighted by Crippen LogP contribution is -2.39. The van der Waals surface area contributed by atoms with E-state index in [-0.39, 0.29) is 0 Å². The van der Waals surface area contributed by atoms with Gasteiger partial charge < -0.3 is 10.6 Å². The molecule has 0 radical (unpaired) electrons. The molecule has 0 aliphatic rings. The van der Waals surface area contributed by atoms with Gasteiger partial charge in [0.2, 0.25) is 0 Å². The maximum atomic E-state index is 8.93. The van der Waals surface area contributed by atoms with E-state index >= 15 is 0 Å². The fourth-order valence-corrected chi connectivity index (χ4v) is 3.14. The van der Waals surface area contributed by atoms with Crippen molar-refractivity contribution in [1.82, 2.24) is 10.6 Å². The molecule has 23 heavy (non-hydrogen) atoms. The molecule has 0 saturated carbocycles. The Balaban J connectivity index is 1.78. The molecule has 0 aliphatic heterocycles. The number of hydrogen-bond donors (Lipinski definition) is 2. The van der Waals surface area contributed by atoms with Crippen LogP contribution in [0.5, 0.6) is 0 Å². The lowest BCUT2D eigenvalue weighted by atomic mass is 10.1. The number of aliphatic imine (C=N–C) groups is 1. The lowest BCUT2D eigenvalue weighted by Gasteiger charge is -2.15. The third-order valence-corrected chi connectivity index (χ3v) is 4.39. The maximum Gasteiger partial charge on any atom is 0.191 e. The maximum absolute atomic E-state index is 8.93. The van der Waals surface area contributed by atoms with Crippen molar-refractivity contribution in [2.75, 3.05) is 13.6 Å². The Kier molecular flexibility index (Phi) is 6.64. The van der Waals surface area contributed by atoms with Crippen LogP contribution in [-0.4, -0.2) is 19.6 Å². The number of nitrogens with one attached hydrogen (secondary N) is 2. The summed E-state index contributed by atoms with van der Waals surface area (Å²) in [5, 5.41) is 17.7. The Bertz CT molecular complexity index is 671. The van der Waals surface area contributed by atoms with Gasteiger partial charge in [-0.25, -0.2) is 0 Å². The molecule has 2 aromatic rings. The summed E-state index contributed by atoms with van der Waals surface area (Å²) in [6.07, 6.45) is 1.08. The Morgan fingerprint density at radius 1 is 1.30 bits per heavy atom. The van der Waals surface area contributed by atoms with Crippen molar-refractivity contribution in [3.63, 3.8) is 0 Å². The quantitative estimate of drug-likeness (QED) is 0.633. The number of nitrogens with zero attached hydrogens (tertiary/aromatic N) is 2. The van der Waals surface area contributed by atoms with Gasteiger partial charge in [-0.1, -0.05) is 25.1 Å². The van der Waals surface area contributed by atoms with Gasteiger partial charge in [0, 0.05) is 25.0 Å². The van der Waals surface area contributed by atoms with Gasteiger partial charge >= 0.3 is 0 Å². The molecule has 2 rings (SSSR count). The minimum Gasteiger partial charge on any atom is -0.356 e. The smallest absolute Gasteiger partial charge is 0.191 e. The van der Waals surface area contributed by atoms with Crippen LogP contribution in [0.4, 0.5) is 0 Å². The van der Waals surface area contributed by atoms with Crippen molar-refractivity contribution in [3.8, 4) is 6.07 Å². The van der Waals surface area contributed by atoms with Crippen LogP contribution >= 0.6 is 11.3 Å². The van der Waals surface area contributed by atoms with Crippen molar-refractivity contribution < 1.29 is 0 Å². The highest BCUT2D eigenvalue weighted by atomic mass is 32.1. The predicted octanol–water partition coefficient (Wildman–Crippen LogP) is 3.16. The van der Waals surface area contributed by atoms with E-state index in [0.29, 0.717) is 18.0 Å². The molecule has 1 aromatic carbocycles. The zero-order valence-corrected chi connectivity index (χ0v) is 14.4. The highest BCUT2D eigenvalue weighted by Crippen LogP contribution is 2.13. The third-order valence-electron chi connectivity index (χ3n) is 3.49. The Hall–Kier alpha value is -2.32. The van der Waals surface area contributed by atoms with Gasteiger partial charge in [0.25, 0.3) is 0 Å². The number of rotatable bonds is 6. The van der Waals surface area contributed by atoms with Crippen LogP contribution in [0.15, 0.2) is 46.8 Å². The standard InChI is InChI=1S/C18H22N4S/c1-14(9-17-7-4-8-23-17)12-21-18(20-2)22-13-16-6-3-5-15(10-16)11-19/h3-8,10,14H,9,12-13H2,1-2H3,(H2,20,21,22). The lowest BCUT2D eigenvalue weighted by molar-refractivity contribution is 0.562. The van der Waals surface area contributed by atoms with E-state index in [4.69, 9.17) is 5.26 Å². The molecular formula is C18H22N4S. The number of guanidine groups is 1. The Morgan fingerprint density at radius 2 is 2.17 bits per heavy atom. The Morgan fingerprint density at radius 3 is 2.87 bits per heavy atom. The largest absolute Gasteiger partial charge is 0.356 e. The molecule has 0 aliphatic carbocycles. The van der Waals surface area contributed by atoms with Crippen molar-refractivity contribution in [1.29, 1.82) is 5.26 Å². The van der Waals surface area contributed by atoms with Crippen LogP contribution < -0.4 is 10.6 Å². The highest BCUT2D eigenvalue weighted by molar-refractivity contribution is 7.09. The molecule has 0 saturated heterocycles. The number of benzene rings is 1. The van der Waals surface area contributed by atoms with Crippen molar-refractivity contribution >= 4 is 17.3 Å². The Labute approximate surface area is 141 Å². The summed E-state index contributed by atoms with van der Waals surface area (Å²) in [6, 6.07) is 14.0. The molecule has 0 spiro atoms. The summed E-state index contributed by atoms with van der Waals surface area (Å²) in [4.78, 5) is 5.66. The molecule has 1 heterocycles. The number of nitriles is 1. The van der Waals surface area contributed by atoms with Crippen LogP contribution in [-0.2, 0) is 13.0 Å². The molecule has 1 aromatic heterocycles. The average Bonchev–Trinajstić information content (AvgIpc) is 3.08. The second-order valence-corrected chi connectivity index (χ2v) is 6.54. The molecule has 0 bridgehead atoms. The average molecular weight is 326 g/mol. The normalized spacial score (nSPS) is 12.5. The van der Waals surface area contributed by atoms with Gasteiger partial charge in [0.15, 0.2) is 5.96 Å². The van der Waals surface area contributed by atoms with Crippen molar-refractivity contribution in [3.05, 3.63) is 57.8 Å². The summed E-state index contributed by atoms with van der Waals surface area (Å²) >= 11 is 1.80. The van der Waals surface area contributed by atoms with E-state index in [1.54, 1.807) is 18.4 Å². The molecular weight excluding hydrogens is 304 g/mol. The zero-order valence-electron chi connectivity index (χ0n) is 13.5. The number of hydrogen-bond acceptors (Lipinski definition) is 3. The van der Waals surface area contributed by atoms with Crippen molar-refractivity contribution in [2.45, 2.75) is 19.9 Å². The summed E-state index contributed by atoms with van der Waals surface area (Å²) in [5.41, 5.74) is 1.75. The van der Waals surface area contributed by atoms with Gasteiger partial charge in [-0.3, -0.25) is 4.99 Å². The SMILES string of the molecule is CN=C(NCc1cccc(C#N)c1)NCC(C)Cc1cccs1. The fraction of sp³-hybridized carbons (Fsp3) is 0.333. The molecule has 0 amide bonds. The first-order valence-electron chi connectivity index (χ1n) is 7.67. The number of thiophene rings is 1. The van der Waals surface area contributed by atoms with E-state index < -0.39 is 0 Å². The van der Waals surface area contributed by atoms with Crippen LogP contribution in [0, 0.1) is 17.2 Å². The third kappa shape index (κ3) is 5.76. The van der Waals surface area contributed by atoms with Gasteiger partial charge in [-0.05, 0) is 41.5 Å². The first kappa shape index (κ1) is 17.0. The molecule has 4 nitrogen and oxygen atoms in total. The predicted molar refractivity (Wildman–Crippen MR) is 96.5 cm³/mol. The molecule has 5 heteroatoms.